The molecule has 3 unspecified atom stereocenters. The van der Waals surface area contributed by atoms with Crippen molar-refractivity contribution in [1.82, 2.24) is 5.32 Å². The SMILES string of the molecule is CC/C=C/C=C/C=C/CCCCCCCCCC(=O)OC(/C=C\CCCCCCCCCCC)C(COP(=O)(O)OCC[N+](C)(C)C)NC(=O)CCCCCCCCCCCCCCCCC/C=C/CCCCCCCC. The van der Waals surface area contributed by atoms with E-state index < -0.39 is 20.0 Å². The molecule has 3 atom stereocenters. The second-order valence-electron chi connectivity index (χ2n) is 23.3. The van der Waals surface area contributed by atoms with E-state index in [0.717, 1.165) is 77.0 Å². The van der Waals surface area contributed by atoms with Crippen molar-refractivity contribution in [3.8, 4) is 0 Å². The Labute approximate surface area is 477 Å². The number of esters is 1. The first-order chi connectivity index (χ1) is 37.4. The highest BCUT2D eigenvalue weighted by atomic mass is 31.2. The Morgan fingerprint density at radius 1 is 0.468 bits per heavy atom. The van der Waals surface area contributed by atoms with Gasteiger partial charge < -0.3 is 19.4 Å². The minimum Gasteiger partial charge on any atom is -0.456 e. The lowest BCUT2D eigenvalue weighted by Gasteiger charge is -2.27. The van der Waals surface area contributed by atoms with Crippen molar-refractivity contribution in [2.24, 2.45) is 0 Å². The smallest absolute Gasteiger partial charge is 0.456 e. The molecular formula is C67H126N2O7P+. The van der Waals surface area contributed by atoms with Gasteiger partial charge >= 0.3 is 13.8 Å². The van der Waals surface area contributed by atoms with Crippen LogP contribution in [0.2, 0.25) is 0 Å². The number of phosphoric acid groups is 1. The number of carbonyl (C=O) groups excluding carboxylic acids is 2. The monoisotopic (exact) mass is 1100 g/mol. The molecule has 0 rings (SSSR count). The minimum absolute atomic E-state index is 0.0378. The van der Waals surface area contributed by atoms with E-state index in [1.807, 2.05) is 33.3 Å². The predicted molar refractivity (Wildman–Crippen MR) is 332 cm³/mol. The van der Waals surface area contributed by atoms with Gasteiger partial charge in [0.05, 0.1) is 33.8 Å². The first-order valence-corrected chi connectivity index (χ1v) is 34.1. The van der Waals surface area contributed by atoms with E-state index in [-0.39, 0.29) is 31.5 Å². The number of quaternary nitrogens is 1. The summed E-state index contributed by atoms with van der Waals surface area (Å²) in [6.45, 7) is 6.89. The number of likely N-dealkylation sites (N-methyl/N-ethyl adjacent to an activating group) is 1. The van der Waals surface area contributed by atoms with Crippen molar-refractivity contribution in [2.75, 3.05) is 40.9 Å². The first kappa shape index (κ1) is 74.7. The lowest BCUT2D eigenvalue weighted by Crippen LogP contribution is -2.47. The van der Waals surface area contributed by atoms with E-state index in [9.17, 15) is 19.0 Å². The Hall–Kier alpha value is -2.29. The fourth-order valence-electron chi connectivity index (χ4n) is 9.47. The maximum atomic E-state index is 13.6. The Kier molecular flexibility index (Phi) is 55.3. The van der Waals surface area contributed by atoms with Crippen LogP contribution in [0.1, 0.15) is 303 Å². The second kappa shape index (κ2) is 57.0. The third kappa shape index (κ3) is 58.2. The van der Waals surface area contributed by atoms with E-state index in [0.29, 0.717) is 17.4 Å². The van der Waals surface area contributed by atoms with Gasteiger partial charge in [0.1, 0.15) is 19.3 Å². The fraction of sp³-hybridized carbons (Fsp3) is 0.821. The highest BCUT2D eigenvalue weighted by Gasteiger charge is 2.30. The molecule has 0 saturated heterocycles. The molecule has 2 N–H and O–H groups in total. The summed E-state index contributed by atoms with van der Waals surface area (Å²) in [7, 11) is 1.49. The number of rotatable bonds is 59. The maximum absolute atomic E-state index is 13.6. The molecule has 10 heteroatoms. The largest absolute Gasteiger partial charge is 0.472 e. The number of ether oxygens (including phenoxy) is 1. The number of carbonyl (C=O) groups is 2. The molecule has 0 bridgehead atoms. The first-order valence-electron chi connectivity index (χ1n) is 32.6. The highest BCUT2D eigenvalue weighted by Crippen LogP contribution is 2.43. The average Bonchev–Trinajstić information content (AvgIpc) is 3.39. The van der Waals surface area contributed by atoms with Gasteiger partial charge in [-0.05, 0) is 76.7 Å². The number of phosphoric ester groups is 1. The van der Waals surface area contributed by atoms with Gasteiger partial charge in [0, 0.05) is 12.8 Å². The third-order valence-corrected chi connectivity index (χ3v) is 15.5. The molecule has 0 fully saturated rings. The molecule has 0 aromatic carbocycles. The summed E-state index contributed by atoms with van der Waals surface area (Å²) in [5.74, 6) is -0.512. The van der Waals surface area contributed by atoms with Crippen LogP contribution >= 0.6 is 7.82 Å². The van der Waals surface area contributed by atoms with Gasteiger partial charge in [-0.3, -0.25) is 18.6 Å². The van der Waals surface area contributed by atoms with E-state index >= 15 is 0 Å². The van der Waals surface area contributed by atoms with Crippen molar-refractivity contribution in [1.29, 1.82) is 0 Å². The molecule has 9 nitrogen and oxygen atoms in total. The van der Waals surface area contributed by atoms with Crippen molar-refractivity contribution >= 4 is 19.7 Å². The van der Waals surface area contributed by atoms with Crippen molar-refractivity contribution in [2.45, 2.75) is 315 Å². The Morgan fingerprint density at radius 3 is 1.27 bits per heavy atom. The normalized spacial score (nSPS) is 14.0. The van der Waals surface area contributed by atoms with Crippen LogP contribution in [-0.2, 0) is 27.9 Å². The number of unbranched alkanes of at least 4 members (excludes halogenated alkanes) is 37. The predicted octanol–water partition coefficient (Wildman–Crippen LogP) is 20.2. The third-order valence-electron chi connectivity index (χ3n) is 14.5. The molecule has 0 saturated carbocycles. The van der Waals surface area contributed by atoms with Crippen LogP contribution in [-0.4, -0.2) is 74.3 Å². The topological polar surface area (TPSA) is 111 Å². The number of hydrogen-bond donors (Lipinski definition) is 2. The fourth-order valence-corrected chi connectivity index (χ4v) is 10.2. The molecule has 0 aromatic heterocycles. The van der Waals surface area contributed by atoms with Crippen LogP contribution in [0.3, 0.4) is 0 Å². The summed E-state index contributed by atoms with van der Waals surface area (Å²) in [6.07, 6.45) is 72.3. The van der Waals surface area contributed by atoms with Crippen LogP contribution in [0.5, 0.6) is 0 Å². The molecule has 77 heavy (non-hydrogen) atoms. The molecule has 0 aliphatic rings. The zero-order valence-electron chi connectivity index (χ0n) is 51.5. The van der Waals surface area contributed by atoms with Crippen LogP contribution in [0.25, 0.3) is 0 Å². The summed E-state index contributed by atoms with van der Waals surface area (Å²) in [5.41, 5.74) is 0. The summed E-state index contributed by atoms with van der Waals surface area (Å²) in [5, 5.41) is 3.06. The number of nitrogens with zero attached hydrogens (tertiary/aromatic N) is 1. The quantitative estimate of drug-likeness (QED) is 0.0156. The van der Waals surface area contributed by atoms with Crippen LogP contribution in [0.4, 0.5) is 0 Å². The van der Waals surface area contributed by atoms with Crippen molar-refractivity contribution < 1.29 is 37.3 Å². The van der Waals surface area contributed by atoms with Crippen LogP contribution in [0, 0.1) is 0 Å². The Balaban J connectivity index is 5.05. The molecule has 0 spiro atoms. The van der Waals surface area contributed by atoms with Gasteiger partial charge in [0.15, 0.2) is 0 Å². The number of hydrogen-bond acceptors (Lipinski definition) is 6. The lowest BCUT2D eigenvalue weighted by molar-refractivity contribution is -0.870. The van der Waals surface area contributed by atoms with Gasteiger partial charge in [-0.25, -0.2) is 4.57 Å². The van der Waals surface area contributed by atoms with Gasteiger partial charge in [0.25, 0.3) is 0 Å². The molecule has 0 aromatic rings. The second-order valence-corrected chi connectivity index (χ2v) is 24.8. The molecule has 0 heterocycles. The molecular weight excluding hydrogens is 976 g/mol. The number of allylic oxidation sites excluding steroid dienone is 9. The Morgan fingerprint density at radius 2 is 0.844 bits per heavy atom. The molecule has 0 aliphatic carbocycles. The number of nitrogens with one attached hydrogen (secondary N) is 1. The zero-order valence-corrected chi connectivity index (χ0v) is 52.3. The molecule has 0 radical (unpaired) electrons. The van der Waals surface area contributed by atoms with E-state index in [2.05, 4.69) is 74.7 Å². The molecule has 0 aliphatic heterocycles. The molecule has 450 valence electrons. The van der Waals surface area contributed by atoms with Crippen LogP contribution in [0.15, 0.2) is 60.8 Å². The standard InChI is InChI=1S/C67H125N2O7P/c1-7-10-13-16-19-22-25-27-29-30-31-32-33-34-35-36-37-38-40-41-44-47-50-53-56-59-66(70)68-64(63-75-77(72,73)74-62-61-69(4,5)6)65(58-55-52-49-46-43-24-21-18-15-12-9-3)76-67(71)60-57-54-51-48-45-42-39-28-26-23-20-17-14-11-8-2/h11,14,17,20,23,26-27,29,55,58,64-65H,7-10,12-13,15-16,18-19,21-22,24-25,28,30-54,56-57,59-63H2,1-6H3,(H-,68,70,72,73)/p+1/b14-11+,20-17+,26-23+,29-27+,58-55-. The Bertz CT molecular complexity index is 1500. The molecule has 1 amide bonds. The summed E-state index contributed by atoms with van der Waals surface area (Å²) >= 11 is 0. The van der Waals surface area contributed by atoms with Gasteiger partial charge in [-0.15, -0.1) is 0 Å². The van der Waals surface area contributed by atoms with Crippen molar-refractivity contribution in [3.63, 3.8) is 0 Å². The summed E-state index contributed by atoms with van der Waals surface area (Å²) in [6, 6.07) is -0.853. The number of amides is 1. The lowest BCUT2D eigenvalue weighted by atomic mass is 10.0. The minimum atomic E-state index is -4.45. The summed E-state index contributed by atoms with van der Waals surface area (Å²) in [4.78, 5) is 37.7. The van der Waals surface area contributed by atoms with Crippen molar-refractivity contribution in [3.05, 3.63) is 60.8 Å². The van der Waals surface area contributed by atoms with Crippen LogP contribution < -0.4 is 5.32 Å². The average molecular weight is 1100 g/mol. The zero-order chi connectivity index (χ0) is 56.4. The van der Waals surface area contributed by atoms with E-state index in [1.165, 1.54) is 193 Å². The van der Waals surface area contributed by atoms with Gasteiger partial charge in [-0.2, -0.15) is 0 Å². The summed E-state index contributed by atoms with van der Waals surface area (Å²) < 4.78 is 30.7. The van der Waals surface area contributed by atoms with E-state index in [1.54, 1.807) is 0 Å². The van der Waals surface area contributed by atoms with Gasteiger partial charge in [-0.1, -0.05) is 275 Å². The van der Waals surface area contributed by atoms with E-state index in [4.69, 9.17) is 13.8 Å². The van der Waals surface area contributed by atoms with Gasteiger partial charge in [0.2, 0.25) is 5.91 Å². The maximum Gasteiger partial charge on any atom is 0.472 e. The highest BCUT2D eigenvalue weighted by molar-refractivity contribution is 7.47.